The number of aryl methyl sites for hydroxylation is 1. The van der Waals surface area contributed by atoms with Crippen molar-refractivity contribution in [2.24, 2.45) is 5.92 Å². The van der Waals surface area contributed by atoms with Gasteiger partial charge >= 0.3 is 5.97 Å². The molecule has 1 unspecified atom stereocenters. The molecule has 0 spiro atoms. The predicted molar refractivity (Wildman–Crippen MR) is 87.3 cm³/mol. The van der Waals surface area contributed by atoms with Gasteiger partial charge in [-0.25, -0.2) is 0 Å². The molecule has 2 N–H and O–H groups in total. The van der Waals surface area contributed by atoms with Crippen molar-refractivity contribution >= 4 is 23.2 Å². The largest absolute Gasteiger partial charge is 0.481 e. The van der Waals surface area contributed by atoms with Gasteiger partial charge in [-0.15, -0.1) is 11.3 Å². The summed E-state index contributed by atoms with van der Waals surface area (Å²) in [4.78, 5) is 24.2. The predicted octanol–water partition coefficient (Wildman–Crippen LogP) is 2.98. The van der Waals surface area contributed by atoms with Gasteiger partial charge in [-0.3, -0.25) is 9.59 Å². The summed E-state index contributed by atoms with van der Waals surface area (Å²) in [7, 11) is 0. The topological polar surface area (TPSA) is 66.4 Å². The molecule has 22 heavy (non-hydrogen) atoms. The average Bonchev–Trinajstić information content (AvgIpc) is 3.00. The number of hydrogen-bond acceptors (Lipinski definition) is 3. The zero-order chi connectivity index (χ0) is 15.9. The number of carbonyl (C=O) groups excluding carboxylic acids is 1. The zero-order valence-corrected chi connectivity index (χ0v) is 13.2. The first-order valence-corrected chi connectivity index (χ1v) is 8.11. The van der Waals surface area contributed by atoms with Crippen LogP contribution in [0.4, 0.5) is 0 Å². The summed E-state index contributed by atoms with van der Waals surface area (Å²) < 4.78 is 0. The SMILES string of the molecule is CCc1ccsc1C(=O)NCC(Cc1ccccc1)C(=O)O. The van der Waals surface area contributed by atoms with Gasteiger partial charge in [0.15, 0.2) is 0 Å². The van der Waals surface area contributed by atoms with E-state index in [4.69, 9.17) is 0 Å². The van der Waals surface area contributed by atoms with Gasteiger partial charge in [0.2, 0.25) is 0 Å². The number of amides is 1. The standard InChI is InChI=1S/C17H19NO3S/c1-2-13-8-9-22-15(13)16(19)18-11-14(17(20)21)10-12-6-4-3-5-7-12/h3-9,14H,2,10-11H2,1H3,(H,18,19)(H,20,21). The van der Waals surface area contributed by atoms with Gasteiger partial charge in [0.25, 0.3) is 5.91 Å². The Morgan fingerprint density at radius 1 is 1.23 bits per heavy atom. The highest BCUT2D eigenvalue weighted by Crippen LogP contribution is 2.17. The van der Waals surface area contributed by atoms with E-state index in [1.165, 1.54) is 11.3 Å². The minimum Gasteiger partial charge on any atom is -0.481 e. The van der Waals surface area contributed by atoms with E-state index in [0.717, 1.165) is 17.5 Å². The van der Waals surface area contributed by atoms with Gasteiger partial charge in [-0.2, -0.15) is 0 Å². The van der Waals surface area contributed by atoms with Crippen LogP contribution in [0.2, 0.25) is 0 Å². The van der Waals surface area contributed by atoms with Crippen LogP contribution < -0.4 is 5.32 Å². The lowest BCUT2D eigenvalue weighted by molar-refractivity contribution is -0.141. The molecule has 116 valence electrons. The second-order valence-corrected chi connectivity index (χ2v) is 5.98. The van der Waals surface area contributed by atoms with Crippen LogP contribution in [0.25, 0.3) is 0 Å². The van der Waals surface area contributed by atoms with Gasteiger partial charge in [0, 0.05) is 6.54 Å². The van der Waals surface area contributed by atoms with E-state index in [9.17, 15) is 14.7 Å². The van der Waals surface area contributed by atoms with Crippen LogP contribution in [0.15, 0.2) is 41.8 Å². The number of hydrogen-bond donors (Lipinski definition) is 2. The molecular formula is C17H19NO3S. The molecule has 1 atom stereocenters. The molecule has 1 aromatic heterocycles. The minimum atomic E-state index is -0.897. The van der Waals surface area contributed by atoms with Crippen LogP contribution >= 0.6 is 11.3 Å². The van der Waals surface area contributed by atoms with E-state index in [1.807, 2.05) is 48.7 Å². The number of carboxylic acids is 1. The second-order valence-electron chi connectivity index (χ2n) is 5.06. The van der Waals surface area contributed by atoms with Crippen molar-refractivity contribution in [3.8, 4) is 0 Å². The van der Waals surface area contributed by atoms with E-state index in [-0.39, 0.29) is 12.5 Å². The van der Waals surface area contributed by atoms with E-state index in [0.29, 0.717) is 11.3 Å². The Morgan fingerprint density at radius 3 is 2.59 bits per heavy atom. The lowest BCUT2D eigenvalue weighted by atomic mass is 9.99. The molecule has 0 bridgehead atoms. The molecule has 2 aromatic rings. The van der Waals surface area contributed by atoms with Gasteiger partial charge in [0.05, 0.1) is 10.8 Å². The molecule has 1 amide bonds. The number of aliphatic carboxylic acids is 1. The number of thiophene rings is 1. The molecule has 0 aliphatic rings. The maximum Gasteiger partial charge on any atom is 0.308 e. The van der Waals surface area contributed by atoms with Gasteiger partial charge in [-0.1, -0.05) is 37.3 Å². The smallest absolute Gasteiger partial charge is 0.308 e. The van der Waals surface area contributed by atoms with E-state index in [2.05, 4.69) is 5.32 Å². The second kappa shape index (κ2) is 7.75. The molecule has 1 aromatic carbocycles. The Hall–Kier alpha value is -2.14. The molecule has 0 saturated heterocycles. The Kier molecular flexibility index (Phi) is 5.72. The minimum absolute atomic E-state index is 0.129. The molecule has 5 heteroatoms. The first-order chi connectivity index (χ1) is 10.6. The fourth-order valence-corrected chi connectivity index (χ4v) is 3.17. The third kappa shape index (κ3) is 4.18. The molecule has 0 radical (unpaired) electrons. The summed E-state index contributed by atoms with van der Waals surface area (Å²) in [5.74, 6) is -1.71. The quantitative estimate of drug-likeness (QED) is 0.825. The fourth-order valence-electron chi connectivity index (χ4n) is 2.25. The molecule has 0 saturated carbocycles. The van der Waals surface area contributed by atoms with Crippen LogP contribution in [0, 0.1) is 5.92 Å². The molecule has 1 heterocycles. The molecular weight excluding hydrogens is 298 g/mol. The third-order valence-corrected chi connectivity index (χ3v) is 4.47. The average molecular weight is 317 g/mol. The van der Waals surface area contributed by atoms with Crippen molar-refractivity contribution < 1.29 is 14.7 Å². The summed E-state index contributed by atoms with van der Waals surface area (Å²) in [6.45, 7) is 2.12. The van der Waals surface area contributed by atoms with Gasteiger partial charge in [-0.05, 0) is 35.4 Å². The number of rotatable bonds is 7. The molecule has 0 aliphatic heterocycles. The lowest BCUT2D eigenvalue weighted by Gasteiger charge is -2.13. The monoisotopic (exact) mass is 317 g/mol. The van der Waals surface area contributed by atoms with Gasteiger partial charge < -0.3 is 10.4 Å². The summed E-state index contributed by atoms with van der Waals surface area (Å²) in [6, 6.07) is 11.4. The van der Waals surface area contributed by atoms with Crippen molar-refractivity contribution in [2.45, 2.75) is 19.8 Å². The van der Waals surface area contributed by atoms with Crippen LogP contribution in [-0.2, 0) is 17.6 Å². The van der Waals surface area contributed by atoms with E-state index < -0.39 is 11.9 Å². The van der Waals surface area contributed by atoms with E-state index in [1.54, 1.807) is 0 Å². The maximum absolute atomic E-state index is 12.2. The highest BCUT2D eigenvalue weighted by molar-refractivity contribution is 7.12. The zero-order valence-electron chi connectivity index (χ0n) is 12.4. The van der Waals surface area contributed by atoms with Crippen molar-refractivity contribution in [1.29, 1.82) is 0 Å². The van der Waals surface area contributed by atoms with Crippen LogP contribution in [0.1, 0.15) is 27.7 Å². The molecule has 0 aliphatic carbocycles. The third-order valence-electron chi connectivity index (χ3n) is 3.52. The van der Waals surface area contributed by atoms with Crippen molar-refractivity contribution in [3.05, 3.63) is 57.8 Å². The lowest BCUT2D eigenvalue weighted by Crippen LogP contribution is -2.34. The van der Waals surface area contributed by atoms with Crippen molar-refractivity contribution in [2.75, 3.05) is 6.54 Å². The highest BCUT2D eigenvalue weighted by Gasteiger charge is 2.20. The maximum atomic E-state index is 12.2. The van der Waals surface area contributed by atoms with Crippen LogP contribution in [-0.4, -0.2) is 23.5 Å². The summed E-state index contributed by atoms with van der Waals surface area (Å²) >= 11 is 1.39. The first-order valence-electron chi connectivity index (χ1n) is 7.23. The van der Waals surface area contributed by atoms with Crippen molar-refractivity contribution in [3.63, 3.8) is 0 Å². The molecule has 4 nitrogen and oxygen atoms in total. The van der Waals surface area contributed by atoms with Crippen molar-refractivity contribution in [1.82, 2.24) is 5.32 Å². The number of benzene rings is 1. The van der Waals surface area contributed by atoms with Crippen LogP contribution in [0.3, 0.4) is 0 Å². The Labute approximate surface area is 133 Å². The number of carbonyl (C=O) groups is 2. The first kappa shape index (κ1) is 16.2. The highest BCUT2D eigenvalue weighted by atomic mass is 32.1. The van der Waals surface area contributed by atoms with Gasteiger partial charge in [0.1, 0.15) is 0 Å². The van der Waals surface area contributed by atoms with Crippen LogP contribution in [0.5, 0.6) is 0 Å². The fraction of sp³-hybridized carbons (Fsp3) is 0.294. The number of nitrogens with one attached hydrogen (secondary N) is 1. The Morgan fingerprint density at radius 2 is 1.95 bits per heavy atom. The normalized spacial score (nSPS) is 11.9. The Balaban J connectivity index is 1.97. The summed E-state index contributed by atoms with van der Waals surface area (Å²) in [5, 5.41) is 14.0. The summed E-state index contributed by atoms with van der Waals surface area (Å²) in [5.41, 5.74) is 1.95. The number of carboxylic acid groups (broad SMARTS) is 1. The molecule has 2 rings (SSSR count). The van der Waals surface area contributed by atoms with E-state index >= 15 is 0 Å². The Bertz CT molecular complexity index is 636. The summed E-state index contributed by atoms with van der Waals surface area (Å²) in [6.07, 6.45) is 1.19. The molecule has 0 fully saturated rings.